The smallest absolute Gasteiger partial charge is 0.417 e. The zero-order valence-corrected chi connectivity index (χ0v) is 14.2. The zero-order chi connectivity index (χ0) is 17.3. The summed E-state index contributed by atoms with van der Waals surface area (Å²) >= 11 is 0. The first kappa shape index (κ1) is 20.1. The minimum atomic E-state index is -0.979. The molecule has 0 bridgehead atoms. The van der Waals surface area contributed by atoms with Crippen molar-refractivity contribution in [2.75, 3.05) is 6.61 Å². The Balaban J connectivity index is 5.28. The molecular formula is C16H27NO5. The van der Waals surface area contributed by atoms with Crippen LogP contribution in [-0.4, -0.2) is 41.1 Å². The van der Waals surface area contributed by atoms with Crippen LogP contribution in [0.2, 0.25) is 0 Å². The number of carbonyl (C=O) groups excluding carboxylic acids is 3. The largest absolute Gasteiger partial charge is 0.464 e. The van der Waals surface area contributed by atoms with Crippen molar-refractivity contribution in [3.05, 3.63) is 12.7 Å². The standard InChI is InChI=1S/C16H27NO5/c1-7-9-10-11-13(14(19)21-8-2)17(12(3)18)15(20)22-16(4,5)6/h7,13H,1,8-11H2,2-6H3/t13-/m0/s1. The minimum absolute atomic E-state index is 0.177. The average molecular weight is 313 g/mol. The van der Waals surface area contributed by atoms with E-state index in [1.54, 1.807) is 33.8 Å². The van der Waals surface area contributed by atoms with Gasteiger partial charge >= 0.3 is 12.1 Å². The minimum Gasteiger partial charge on any atom is -0.464 e. The molecule has 0 radical (unpaired) electrons. The Bertz CT molecular complexity index is 411. The molecule has 0 aliphatic rings. The summed E-state index contributed by atoms with van der Waals surface area (Å²) in [4.78, 5) is 37.0. The fraction of sp³-hybridized carbons (Fsp3) is 0.688. The fourth-order valence-electron chi connectivity index (χ4n) is 1.83. The number of hydrogen-bond donors (Lipinski definition) is 0. The zero-order valence-electron chi connectivity index (χ0n) is 14.2. The number of unbranched alkanes of at least 4 members (excludes halogenated alkanes) is 1. The molecular weight excluding hydrogens is 286 g/mol. The van der Waals surface area contributed by atoms with Gasteiger partial charge in [0.1, 0.15) is 11.6 Å². The third-order valence-electron chi connectivity index (χ3n) is 2.69. The van der Waals surface area contributed by atoms with Crippen LogP contribution in [0, 0.1) is 0 Å². The Morgan fingerprint density at radius 2 is 1.86 bits per heavy atom. The molecule has 22 heavy (non-hydrogen) atoms. The molecule has 0 heterocycles. The summed E-state index contributed by atoms with van der Waals surface area (Å²) in [5, 5.41) is 0. The first-order chi connectivity index (χ1) is 10.1. The van der Waals surface area contributed by atoms with Crippen LogP contribution < -0.4 is 0 Å². The van der Waals surface area contributed by atoms with Crippen molar-refractivity contribution in [3.63, 3.8) is 0 Å². The maximum absolute atomic E-state index is 12.2. The third kappa shape index (κ3) is 7.24. The van der Waals surface area contributed by atoms with Gasteiger partial charge in [-0.2, -0.15) is 0 Å². The van der Waals surface area contributed by atoms with Crippen molar-refractivity contribution in [1.29, 1.82) is 0 Å². The molecule has 0 aromatic carbocycles. The number of nitrogens with zero attached hydrogens (tertiary/aromatic N) is 1. The number of ether oxygens (including phenoxy) is 2. The quantitative estimate of drug-likeness (QED) is 0.410. The van der Waals surface area contributed by atoms with Crippen LogP contribution in [0.1, 0.15) is 53.9 Å². The molecule has 6 nitrogen and oxygen atoms in total. The molecule has 0 saturated heterocycles. The number of imide groups is 1. The van der Waals surface area contributed by atoms with Crippen molar-refractivity contribution < 1.29 is 23.9 Å². The SMILES string of the molecule is C=CCCC[C@@H](C(=O)OCC)N(C(C)=O)C(=O)OC(C)(C)C. The van der Waals surface area contributed by atoms with E-state index in [0.29, 0.717) is 19.3 Å². The van der Waals surface area contributed by atoms with Crippen molar-refractivity contribution >= 4 is 18.0 Å². The molecule has 0 aromatic heterocycles. The first-order valence-corrected chi connectivity index (χ1v) is 7.44. The average Bonchev–Trinajstić information content (AvgIpc) is 2.35. The molecule has 0 spiro atoms. The molecule has 0 aromatic rings. The summed E-state index contributed by atoms with van der Waals surface area (Å²) in [5.41, 5.74) is -0.759. The number of hydrogen-bond acceptors (Lipinski definition) is 5. The first-order valence-electron chi connectivity index (χ1n) is 7.44. The van der Waals surface area contributed by atoms with E-state index in [4.69, 9.17) is 9.47 Å². The number of rotatable bonds is 7. The van der Waals surface area contributed by atoms with Gasteiger partial charge in [-0.15, -0.1) is 6.58 Å². The second-order valence-electron chi connectivity index (χ2n) is 5.86. The molecule has 0 fully saturated rings. The highest BCUT2D eigenvalue weighted by Crippen LogP contribution is 2.17. The molecule has 2 amide bonds. The van der Waals surface area contributed by atoms with Gasteiger partial charge in [0.05, 0.1) is 6.61 Å². The number of amides is 2. The number of allylic oxidation sites excluding steroid dienone is 1. The Hall–Kier alpha value is -1.85. The van der Waals surface area contributed by atoms with Crippen molar-refractivity contribution in [2.24, 2.45) is 0 Å². The van der Waals surface area contributed by atoms with Crippen molar-refractivity contribution in [2.45, 2.75) is 65.5 Å². The Labute approximate surface area is 132 Å². The van der Waals surface area contributed by atoms with Gasteiger partial charge < -0.3 is 9.47 Å². The van der Waals surface area contributed by atoms with Gasteiger partial charge in [-0.3, -0.25) is 4.79 Å². The van der Waals surface area contributed by atoms with E-state index in [1.807, 2.05) is 0 Å². The van der Waals surface area contributed by atoms with Gasteiger partial charge in [-0.25, -0.2) is 14.5 Å². The highest BCUT2D eigenvalue weighted by atomic mass is 16.6. The maximum Gasteiger partial charge on any atom is 0.417 e. The maximum atomic E-state index is 12.2. The van der Waals surface area contributed by atoms with Gasteiger partial charge in [0, 0.05) is 6.92 Å². The second-order valence-corrected chi connectivity index (χ2v) is 5.86. The number of carbonyl (C=O) groups is 3. The van der Waals surface area contributed by atoms with E-state index in [9.17, 15) is 14.4 Å². The molecule has 6 heteroatoms. The van der Waals surface area contributed by atoms with E-state index in [0.717, 1.165) is 4.90 Å². The van der Waals surface area contributed by atoms with Crippen LogP contribution in [-0.2, 0) is 19.1 Å². The summed E-state index contributed by atoms with van der Waals surface area (Å²) in [6, 6.07) is -0.979. The summed E-state index contributed by atoms with van der Waals surface area (Å²) in [6.07, 6.45) is 2.48. The normalized spacial score (nSPS) is 12.2. The lowest BCUT2D eigenvalue weighted by atomic mass is 10.1. The molecule has 1 atom stereocenters. The summed E-state index contributed by atoms with van der Waals surface area (Å²) < 4.78 is 10.2. The van der Waals surface area contributed by atoms with Crippen LogP contribution >= 0.6 is 0 Å². The van der Waals surface area contributed by atoms with E-state index in [-0.39, 0.29) is 6.61 Å². The fourth-order valence-corrected chi connectivity index (χ4v) is 1.83. The summed E-state index contributed by atoms with van der Waals surface area (Å²) in [6.45, 7) is 11.8. The van der Waals surface area contributed by atoms with E-state index < -0.39 is 29.6 Å². The van der Waals surface area contributed by atoms with Crippen molar-refractivity contribution in [1.82, 2.24) is 4.90 Å². The molecule has 0 rings (SSSR count). The highest BCUT2D eigenvalue weighted by Gasteiger charge is 2.36. The molecule has 126 valence electrons. The third-order valence-corrected chi connectivity index (χ3v) is 2.69. The molecule has 0 aliphatic heterocycles. The van der Waals surface area contributed by atoms with Crippen LogP contribution in [0.3, 0.4) is 0 Å². The molecule has 0 N–H and O–H groups in total. The summed E-state index contributed by atoms with van der Waals surface area (Å²) in [7, 11) is 0. The van der Waals surface area contributed by atoms with Crippen LogP contribution in [0.15, 0.2) is 12.7 Å². The van der Waals surface area contributed by atoms with Crippen LogP contribution in [0.5, 0.6) is 0 Å². The van der Waals surface area contributed by atoms with Crippen molar-refractivity contribution in [3.8, 4) is 0 Å². The van der Waals surface area contributed by atoms with Gasteiger partial charge in [0.25, 0.3) is 0 Å². The van der Waals surface area contributed by atoms with Crippen LogP contribution in [0.4, 0.5) is 4.79 Å². The van der Waals surface area contributed by atoms with Gasteiger partial charge in [-0.1, -0.05) is 6.08 Å². The monoisotopic (exact) mass is 313 g/mol. The summed E-state index contributed by atoms with van der Waals surface area (Å²) in [5.74, 6) is -1.15. The number of esters is 1. The highest BCUT2D eigenvalue weighted by molar-refractivity contribution is 5.95. The van der Waals surface area contributed by atoms with Gasteiger partial charge in [0.15, 0.2) is 0 Å². The van der Waals surface area contributed by atoms with Gasteiger partial charge in [0.2, 0.25) is 5.91 Å². The molecule has 0 aliphatic carbocycles. The predicted octanol–water partition coefficient (Wildman–Crippen LogP) is 3.06. The lowest BCUT2D eigenvalue weighted by molar-refractivity contribution is -0.154. The van der Waals surface area contributed by atoms with E-state index in [2.05, 4.69) is 6.58 Å². The molecule has 0 saturated carbocycles. The van der Waals surface area contributed by atoms with Crippen LogP contribution in [0.25, 0.3) is 0 Å². The Kier molecular flexibility index (Phi) is 8.45. The van der Waals surface area contributed by atoms with E-state index >= 15 is 0 Å². The lowest BCUT2D eigenvalue weighted by Gasteiger charge is -2.30. The Morgan fingerprint density at radius 1 is 1.27 bits per heavy atom. The topological polar surface area (TPSA) is 72.9 Å². The van der Waals surface area contributed by atoms with Gasteiger partial charge in [-0.05, 0) is 47.0 Å². The lowest BCUT2D eigenvalue weighted by Crippen LogP contribution is -2.50. The molecule has 0 unspecified atom stereocenters. The van der Waals surface area contributed by atoms with E-state index in [1.165, 1.54) is 6.92 Å². The Morgan fingerprint density at radius 3 is 2.27 bits per heavy atom. The predicted molar refractivity (Wildman–Crippen MR) is 83.2 cm³/mol. The second kappa shape index (κ2) is 9.23.